The number of unbranched alkanes of at least 4 members (excludes halogenated alkanes) is 5. The number of hydrogen-bond donors (Lipinski definition) is 1. The summed E-state index contributed by atoms with van der Waals surface area (Å²) in [6.45, 7) is 2.58. The molecule has 0 heterocycles. The fraction of sp³-hybridized carbons (Fsp3) is 1.00. The minimum atomic E-state index is 0. The maximum atomic E-state index is 8.42. The first-order valence-corrected chi connectivity index (χ1v) is 4.02. The summed E-state index contributed by atoms with van der Waals surface area (Å²) >= 11 is 0. The van der Waals surface area contributed by atoms with Crippen molar-refractivity contribution in [3.8, 4) is 0 Å². The van der Waals surface area contributed by atoms with Gasteiger partial charge in [-0.05, 0) is 6.42 Å². The number of rotatable bonds is 6. The van der Waals surface area contributed by atoms with Gasteiger partial charge in [-0.3, -0.25) is 0 Å². The summed E-state index contributed by atoms with van der Waals surface area (Å²) in [5.41, 5.74) is 0. The minimum absolute atomic E-state index is 0. The Balaban J connectivity index is 0. The van der Waals surface area contributed by atoms with Crippen LogP contribution in [0.5, 0.6) is 0 Å². The van der Waals surface area contributed by atoms with Crippen LogP contribution < -0.4 is 0 Å². The van der Waals surface area contributed by atoms with Gasteiger partial charge >= 0.3 is 0 Å². The van der Waals surface area contributed by atoms with E-state index in [1.54, 1.807) is 0 Å². The van der Waals surface area contributed by atoms with Gasteiger partial charge in [0, 0.05) is 8.03 Å². The molecule has 0 unspecified atom stereocenters. The largest absolute Gasteiger partial charge is 0.396 e. The lowest BCUT2D eigenvalue weighted by atomic mass is 10.1. The lowest BCUT2D eigenvalue weighted by Crippen LogP contribution is -1.82. The monoisotopic (exact) mass is 133 g/mol. The van der Waals surface area contributed by atoms with Gasteiger partial charge in [0.2, 0.25) is 0 Å². The van der Waals surface area contributed by atoms with Crippen LogP contribution >= 0.6 is 0 Å². The summed E-state index contributed by atoms with van der Waals surface area (Å²) in [5, 5.41) is 8.42. The van der Waals surface area contributed by atoms with E-state index in [0.29, 0.717) is 6.61 Å². The molecule has 0 saturated heterocycles. The molecule has 0 fully saturated rings. The molecule has 1 N–H and O–H groups in total. The van der Waals surface area contributed by atoms with Crippen LogP contribution in [0.4, 0.5) is 0 Å². The van der Waals surface area contributed by atoms with E-state index in [1.807, 2.05) is 0 Å². The molecule has 1 heteroatoms. The molecule has 1 nitrogen and oxygen atoms in total. The van der Waals surface area contributed by atoms with Crippen molar-refractivity contribution in [2.75, 3.05) is 6.61 Å². The van der Waals surface area contributed by atoms with Crippen molar-refractivity contribution in [1.29, 1.82) is 0 Å². The van der Waals surface area contributed by atoms with Gasteiger partial charge in [0.25, 0.3) is 0 Å². The fourth-order valence-electron chi connectivity index (χ4n) is 0.892. The van der Waals surface area contributed by atoms with Crippen LogP contribution in [-0.2, 0) is 0 Å². The SMILES string of the molecule is CCCCCCCCO.[2HH]. The third kappa shape index (κ3) is 7.96. The van der Waals surface area contributed by atoms with Crippen LogP contribution in [-0.4, -0.2) is 11.7 Å². The highest BCUT2D eigenvalue weighted by atomic mass is 16.2. The van der Waals surface area contributed by atoms with Gasteiger partial charge in [-0.25, -0.2) is 0 Å². The van der Waals surface area contributed by atoms with Gasteiger partial charge in [-0.1, -0.05) is 39.0 Å². The van der Waals surface area contributed by atoms with Gasteiger partial charge in [0.05, 0.1) is 0 Å². The van der Waals surface area contributed by atoms with Crippen LogP contribution in [0, 0.1) is 0 Å². The van der Waals surface area contributed by atoms with Crippen molar-refractivity contribution in [3.63, 3.8) is 0 Å². The summed E-state index contributed by atoms with van der Waals surface area (Å²) in [6, 6.07) is 0. The van der Waals surface area contributed by atoms with Gasteiger partial charge < -0.3 is 5.11 Å². The smallest absolute Gasteiger partial charge is 0.0431 e. The maximum Gasteiger partial charge on any atom is 0.0431 e. The Morgan fingerprint density at radius 3 is 2.11 bits per heavy atom. The molecule has 9 heavy (non-hydrogen) atoms. The summed E-state index contributed by atoms with van der Waals surface area (Å²) in [5.74, 6) is 0. The third-order valence-corrected chi connectivity index (χ3v) is 1.51. The van der Waals surface area contributed by atoms with Gasteiger partial charge in [0.15, 0.2) is 0 Å². The lowest BCUT2D eigenvalue weighted by Gasteiger charge is -1.95. The molecule has 0 atom stereocenters. The van der Waals surface area contributed by atoms with Crippen LogP contribution in [0.2, 0.25) is 0 Å². The molecule has 0 aromatic carbocycles. The minimum Gasteiger partial charge on any atom is -0.396 e. The van der Waals surface area contributed by atoms with Crippen LogP contribution in [0.15, 0.2) is 0 Å². The van der Waals surface area contributed by atoms with E-state index in [0.717, 1.165) is 6.42 Å². The molecule has 0 spiro atoms. The quantitative estimate of drug-likeness (QED) is 0.552. The highest BCUT2D eigenvalue weighted by molar-refractivity contribution is 4.41. The summed E-state index contributed by atoms with van der Waals surface area (Å²) < 4.78 is 0. The topological polar surface area (TPSA) is 20.2 Å². The van der Waals surface area contributed by atoms with E-state index in [9.17, 15) is 0 Å². The van der Waals surface area contributed by atoms with Gasteiger partial charge in [0.1, 0.15) is 0 Å². The Hall–Kier alpha value is -0.0400. The molecule has 58 valence electrons. The zero-order chi connectivity index (χ0) is 6.95. The van der Waals surface area contributed by atoms with Crippen molar-refractivity contribution in [1.82, 2.24) is 0 Å². The Labute approximate surface area is 59.6 Å². The highest BCUT2D eigenvalue weighted by Gasteiger charge is 1.86. The second-order valence-electron chi connectivity index (χ2n) is 2.49. The van der Waals surface area contributed by atoms with Crippen LogP contribution in [0.3, 0.4) is 0 Å². The highest BCUT2D eigenvalue weighted by Crippen LogP contribution is 2.03. The van der Waals surface area contributed by atoms with Crippen molar-refractivity contribution in [3.05, 3.63) is 0 Å². The number of aliphatic hydroxyl groups is 1. The fourth-order valence-corrected chi connectivity index (χ4v) is 0.892. The van der Waals surface area contributed by atoms with Crippen molar-refractivity contribution < 1.29 is 6.53 Å². The second kappa shape index (κ2) is 7.96. The molecule has 0 aromatic heterocycles. The predicted octanol–water partition coefficient (Wildman–Crippen LogP) is 2.59. The summed E-state index contributed by atoms with van der Waals surface area (Å²) in [6.07, 6.45) is 7.50. The Bertz CT molecular complexity index is 42.5. The standard InChI is InChI=1S/C8H18O.H2/c1-2-3-4-5-6-7-8-9;/h9H,2-8H2,1H3;1H/i;1+1. The van der Waals surface area contributed by atoms with Crippen LogP contribution in [0.1, 0.15) is 46.9 Å². The first-order valence-electron chi connectivity index (χ1n) is 4.02. The van der Waals surface area contributed by atoms with E-state index in [2.05, 4.69) is 6.92 Å². The third-order valence-electron chi connectivity index (χ3n) is 1.51. The molecule has 0 aliphatic carbocycles. The molecule has 0 saturated carbocycles. The first kappa shape index (κ1) is 8.96. The number of hydrogen-bond acceptors (Lipinski definition) is 1. The number of aliphatic hydroxyl groups excluding tert-OH is 1. The van der Waals surface area contributed by atoms with Gasteiger partial charge in [-0.2, -0.15) is 0 Å². The Morgan fingerprint density at radius 2 is 1.56 bits per heavy atom. The molecule has 0 bridgehead atoms. The molecule has 0 rings (SSSR count). The van der Waals surface area contributed by atoms with Crippen molar-refractivity contribution >= 4 is 0 Å². The normalized spacial score (nSPS) is 10.0. The van der Waals surface area contributed by atoms with E-state index in [4.69, 9.17) is 5.11 Å². The molecule has 0 aromatic rings. The van der Waals surface area contributed by atoms with E-state index >= 15 is 0 Å². The average Bonchev–Trinajstić information content (AvgIpc) is 1.89. The van der Waals surface area contributed by atoms with E-state index in [1.165, 1.54) is 32.1 Å². The zero-order valence-corrected chi connectivity index (χ0v) is 6.40. The summed E-state index contributed by atoms with van der Waals surface area (Å²) in [7, 11) is 0. The molecule has 0 amide bonds. The van der Waals surface area contributed by atoms with E-state index in [-0.39, 0.29) is 1.43 Å². The molecule has 0 aliphatic rings. The van der Waals surface area contributed by atoms with E-state index < -0.39 is 0 Å². The zero-order valence-electron chi connectivity index (χ0n) is 6.40. The van der Waals surface area contributed by atoms with Crippen molar-refractivity contribution in [2.45, 2.75) is 45.4 Å². The Morgan fingerprint density at radius 1 is 1.00 bits per heavy atom. The van der Waals surface area contributed by atoms with Gasteiger partial charge in [-0.15, -0.1) is 0 Å². The molecule has 0 radical (unpaired) electrons. The summed E-state index contributed by atoms with van der Waals surface area (Å²) in [4.78, 5) is 0. The molecule has 0 aliphatic heterocycles. The molecular weight excluding hydrogens is 112 g/mol. The average molecular weight is 133 g/mol. The lowest BCUT2D eigenvalue weighted by molar-refractivity contribution is 0.282. The maximum absolute atomic E-state index is 8.42. The molecular formula is C8H20O. The van der Waals surface area contributed by atoms with Crippen LogP contribution in [0.25, 0.3) is 0 Å². The van der Waals surface area contributed by atoms with Crippen molar-refractivity contribution in [2.24, 2.45) is 0 Å². The first-order chi connectivity index (χ1) is 4.41. The second-order valence-corrected chi connectivity index (χ2v) is 2.49. The predicted molar refractivity (Wildman–Crippen MR) is 42.6 cm³/mol. The Kier molecular flexibility index (Phi) is 7.92.